The Morgan fingerprint density at radius 2 is 2.50 bits per heavy atom. The van der Waals surface area contributed by atoms with Gasteiger partial charge < -0.3 is 10.2 Å². The minimum atomic E-state index is -0.315. The van der Waals surface area contributed by atoms with Crippen molar-refractivity contribution in [2.24, 2.45) is 5.16 Å². The highest BCUT2D eigenvalue weighted by Gasteiger charge is 2.46. The van der Waals surface area contributed by atoms with E-state index in [-0.39, 0.29) is 11.5 Å². The van der Waals surface area contributed by atoms with Crippen molar-refractivity contribution in [1.82, 2.24) is 15.2 Å². The molecule has 1 fully saturated rings. The summed E-state index contributed by atoms with van der Waals surface area (Å²) in [4.78, 5) is 23.6. The quantitative estimate of drug-likeness (QED) is 0.874. The van der Waals surface area contributed by atoms with Crippen LogP contribution in [0, 0.1) is 0 Å². The lowest BCUT2D eigenvalue weighted by Crippen LogP contribution is -2.36. The van der Waals surface area contributed by atoms with Crippen molar-refractivity contribution in [3.63, 3.8) is 0 Å². The fourth-order valence-electron chi connectivity index (χ4n) is 2.82. The number of carbonyl (C=O) groups is 1. The summed E-state index contributed by atoms with van der Waals surface area (Å²) in [6.07, 6.45) is 5.15. The van der Waals surface area contributed by atoms with Crippen LogP contribution >= 0.6 is 0 Å². The number of oxime groups is 1. The number of hydrogen-bond acceptors (Lipinski definition) is 5. The predicted molar refractivity (Wildman–Crippen MR) is 74.1 cm³/mol. The first-order valence-corrected chi connectivity index (χ1v) is 6.79. The van der Waals surface area contributed by atoms with E-state index in [0.717, 1.165) is 26.1 Å². The van der Waals surface area contributed by atoms with E-state index in [9.17, 15) is 4.79 Å². The van der Waals surface area contributed by atoms with Crippen LogP contribution in [-0.2, 0) is 16.2 Å². The van der Waals surface area contributed by atoms with E-state index in [4.69, 9.17) is 4.84 Å². The van der Waals surface area contributed by atoms with Gasteiger partial charge in [-0.3, -0.25) is 14.7 Å². The van der Waals surface area contributed by atoms with Gasteiger partial charge in [-0.05, 0) is 11.6 Å². The van der Waals surface area contributed by atoms with Crippen molar-refractivity contribution in [2.75, 3.05) is 20.1 Å². The van der Waals surface area contributed by atoms with Gasteiger partial charge in [-0.15, -0.1) is 0 Å². The predicted octanol–water partition coefficient (Wildman–Crippen LogP) is 0.548. The lowest BCUT2D eigenvalue weighted by atomic mass is 9.96. The molecule has 0 aliphatic carbocycles. The highest BCUT2D eigenvalue weighted by molar-refractivity contribution is 6.39. The molecule has 0 radical (unpaired) electrons. The Bertz CT molecular complexity index is 531. The molecule has 0 aromatic carbocycles. The summed E-state index contributed by atoms with van der Waals surface area (Å²) < 4.78 is 0. The number of rotatable bonds is 3. The monoisotopic (exact) mass is 274 g/mol. The normalized spacial score (nSPS) is 25.6. The zero-order chi connectivity index (χ0) is 14.0. The zero-order valence-corrected chi connectivity index (χ0v) is 11.5. The molecular formula is C14H18N4O2. The van der Waals surface area contributed by atoms with Gasteiger partial charge in [0, 0.05) is 51.9 Å². The zero-order valence-electron chi connectivity index (χ0n) is 11.5. The summed E-state index contributed by atoms with van der Waals surface area (Å²) >= 11 is 0. The van der Waals surface area contributed by atoms with E-state index in [2.05, 4.69) is 26.4 Å². The number of likely N-dealkylation sites (tertiary alicyclic amines) is 1. The summed E-state index contributed by atoms with van der Waals surface area (Å²) in [5, 5.41) is 6.54. The average Bonchev–Trinajstić information content (AvgIpc) is 3.07. The second kappa shape index (κ2) is 5.20. The number of pyridine rings is 1. The molecule has 1 amide bonds. The molecule has 1 aromatic heterocycles. The van der Waals surface area contributed by atoms with Gasteiger partial charge in [0.2, 0.25) is 0 Å². The van der Waals surface area contributed by atoms with Gasteiger partial charge in [-0.1, -0.05) is 11.2 Å². The van der Waals surface area contributed by atoms with Crippen LogP contribution in [0.3, 0.4) is 0 Å². The summed E-state index contributed by atoms with van der Waals surface area (Å²) in [7, 11) is 1.61. The number of amides is 1. The molecule has 106 valence electrons. The Balaban J connectivity index is 1.59. The first kappa shape index (κ1) is 13.1. The van der Waals surface area contributed by atoms with Crippen LogP contribution in [0.1, 0.15) is 18.4 Å². The number of hydrogen-bond donors (Lipinski definition) is 1. The van der Waals surface area contributed by atoms with Gasteiger partial charge in [0.05, 0.1) is 0 Å². The Hall–Kier alpha value is -1.95. The lowest BCUT2D eigenvalue weighted by Gasteiger charge is -2.21. The van der Waals surface area contributed by atoms with E-state index >= 15 is 0 Å². The number of nitrogens with one attached hydrogen (secondary N) is 1. The summed E-state index contributed by atoms with van der Waals surface area (Å²) in [6, 6.07) is 4.01. The minimum absolute atomic E-state index is 0.146. The molecule has 0 saturated carbocycles. The molecule has 1 spiro atoms. The van der Waals surface area contributed by atoms with Crippen molar-refractivity contribution < 1.29 is 9.63 Å². The molecule has 2 aliphatic rings. The van der Waals surface area contributed by atoms with Crippen molar-refractivity contribution in [3.8, 4) is 0 Å². The Kier molecular flexibility index (Phi) is 3.40. The number of aromatic nitrogens is 1. The van der Waals surface area contributed by atoms with Crippen LogP contribution in [-0.4, -0.2) is 47.2 Å². The Labute approximate surface area is 117 Å². The van der Waals surface area contributed by atoms with Crippen LogP contribution in [0.15, 0.2) is 29.7 Å². The molecule has 1 aromatic rings. The third kappa shape index (κ3) is 2.51. The first-order valence-electron chi connectivity index (χ1n) is 6.79. The molecule has 1 atom stereocenters. The van der Waals surface area contributed by atoms with Gasteiger partial charge in [0.25, 0.3) is 5.91 Å². The van der Waals surface area contributed by atoms with Crippen LogP contribution in [0.25, 0.3) is 0 Å². The van der Waals surface area contributed by atoms with Gasteiger partial charge in [-0.2, -0.15) is 0 Å². The molecule has 3 heterocycles. The molecule has 3 rings (SSSR count). The fraction of sp³-hybridized carbons (Fsp3) is 0.500. The molecule has 20 heavy (non-hydrogen) atoms. The molecule has 6 heteroatoms. The maximum atomic E-state index is 11.6. The Morgan fingerprint density at radius 1 is 1.60 bits per heavy atom. The second-order valence-electron chi connectivity index (χ2n) is 5.39. The van der Waals surface area contributed by atoms with E-state index < -0.39 is 0 Å². The molecule has 1 unspecified atom stereocenters. The van der Waals surface area contributed by atoms with Crippen molar-refractivity contribution in [3.05, 3.63) is 30.1 Å². The van der Waals surface area contributed by atoms with E-state index in [0.29, 0.717) is 12.1 Å². The van der Waals surface area contributed by atoms with E-state index in [1.165, 1.54) is 5.56 Å². The molecular weight excluding hydrogens is 256 g/mol. The maximum absolute atomic E-state index is 11.6. The molecule has 1 saturated heterocycles. The van der Waals surface area contributed by atoms with Gasteiger partial charge in [0.15, 0.2) is 5.60 Å². The van der Waals surface area contributed by atoms with Crippen molar-refractivity contribution >= 4 is 11.6 Å². The van der Waals surface area contributed by atoms with Crippen LogP contribution < -0.4 is 5.32 Å². The average molecular weight is 274 g/mol. The van der Waals surface area contributed by atoms with Crippen LogP contribution in [0.5, 0.6) is 0 Å². The molecule has 6 nitrogen and oxygen atoms in total. The third-order valence-corrected chi connectivity index (χ3v) is 3.85. The van der Waals surface area contributed by atoms with Crippen LogP contribution in [0.4, 0.5) is 0 Å². The summed E-state index contributed by atoms with van der Waals surface area (Å²) in [5.41, 5.74) is 1.37. The molecule has 0 bridgehead atoms. The fourth-order valence-corrected chi connectivity index (χ4v) is 2.82. The topological polar surface area (TPSA) is 66.8 Å². The van der Waals surface area contributed by atoms with Gasteiger partial charge in [-0.25, -0.2) is 0 Å². The number of nitrogens with zero attached hydrogens (tertiary/aromatic N) is 3. The molecule has 2 aliphatic heterocycles. The lowest BCUT2D eigenvalue weighted by molar-refractivity contribution is -0.114. The highest BCUT2D eigenvalue weighted by Crippen LogP contribution is 2.34. The van der Waals surface area contributed by atoms with E-state index in [1.807, 2.05) is 12.3 Å². The maximum Gasteiger partial charge on any atom is 0.268 e. The molecule has 1 N–H and O–H groups in total. The number of carbonyl (C=O) groups excluding carboxylic acids is 1. The SMILES string of the molecule is CNC(=O)C1=NOC2(CCN(Cc3cccnc3)C2)C1. The summed E-state index contributed by atoms with van der Waals surface area (Å²) in [5.74, 6) is -0.146. The largest absolute Gasteiger partial charge is 0.387 e. The standard InChI is InChI=1S/C14H18N4O2/c1-15-13(19)12-7-14(20-17-12)4-6-18(10-14)9-11-3-2-5-16-8-11/h2-3,5,8H,4,6-7,9-10H2,1H3,(H,15,19). The second-order valence-corrected chi connectivity index (χ2v) is 5.39. The third-order valence-electron chi connectivity index (χ3n) is 3.85. The smallest absolute Gasteiger partial charge is 0.268 e. The summed E-state index contributed by atoms with van der Waals surface area (Å²) in [6.45, 7) is 2.60. The van der Waals surface area contributed by atoms with Crippen LogP contribution in [0.2, 0.25) is 0 Å². The highest BCUT2D eigenvalue weighted by atomic mass is 16.7. The first-order chi connectivity index (χ1) is 9.71. The van der Waals surface area contributed by atoms with E-state index in [1.54, 1.807) is 13.2 Å². The van der Waals surface area contributed by atoms with Crippen molar-refractivity contribution in [1.29, 1.82) is 0 Å². The van der Waals surface area contributed by atoms with Gasteiger partial charge in [0.1, 0.15) is 5.71 Å². The Morgan fingerprint density at radius 3 is 3.25 bits per heavy atom. The van der Waals surface area contributed by atoms with Crippen molar-refractivity contribution in [2.45, 2.75) is 25.0 Å². The minimum Gasteiger partial charge on any atom is -0.387 e. The van der Waals surface area contributed by atoms with Gasteiger partial charge >= 0.3 is 0 Å².